The molecule has 0 aliphatic rings. The number of hydrogen-bond acceptors (Lipinski definition) is 5. The molecule has 0 saturated carbocycles. The van der Waals surface area contributed by atoms with Gasteiger partial charge < -0.3 is 24.1 Å². The van der Waals surface area contributed by atoms with Crippen LogP contribution in [-0.4, -0.2) is 36.8 Å². The molecule has 7 nitrogen and oxygen atoms in total. The van der Waals surface area contributed by atoms with Crippen LogP contribution in [0.3, 0.4) is 0 Å². The quantitative estimate of drug-likeness (QED) is 0.677. The first-order chi connectivity index (χ1) is 13.4. The molecule has 1 atom stereocenters. The van der Waals surface area contributed by atoms with Gasteiger partial charge in [0.15, 0.2) is 12.4 Å². The Labute approximate surface area is 165 Å². The van der Waals surface area contributed by atoms with Gasteiger partial charge in [0, 0.05) is 18.3 Å². The molecule has 7 heteroatoms. The third-order valence-corrected chi connectivity index (χ3v) is 4.42. The van der Waals surface area contributed by atoms with E-state index in [1.54, 1.807) is 20.2 Å². The van der Waals surface area contributed by atoms with Crippen molar-refractivity contribution in [1.29, 1.82) is 0 Å². The summed E-state index contributed by atoms with van der Waals surface area (Å²) in [6.07, 6.45) is 2.53. The lowest BCUT2D eigenvalue weighted by atomic mass is 10.2. The second kappa shape index (κ2) is 10.4. The van der Waals surface area contributed by atoms with E-state index in [9.17, 15) is 9.59 Å². The summed E-state index contributed by atoms with van der Waals surface area (Å²) >= 11 is 0. The first-order valence-electron chi connectivity index (χ1n) is 9.33. The van der Waals surface area contributed by atoms with Gasteiger partial charge in [0.1, 0.15) is 18.1 Å². The number of carbonyl (C=O) groups excluding carboxylic acids is 1. The summed E-state index contributed by atoms with van der Waals surface area (Å²) < 4.78 is 18.2. The van der Waals surface area contributed by atoms with Crippen LogP contribution in [-0.2, 0) is 11.3 Å². The van der Waals surface area contributed by atoms with E-state index >= 15 is 0 Å². The zero-order valence-electron chi connectivity index (χ0n) is 16.9. The summed E-state index contributed by atoms with van der Waals surface area (Å²) in [5.41, 5.74) is 0.406. The molecule has 0 aliphatic heterocycles. The van der Waals surface area contributed by atoms with Crippen LogP contribution in [0, 0.1) is 6.92 Å². The number of amides is 1. The van der Waals surface area contributed by atoms with Crippen LogP contribution < -0.4 is 25.0 Å². The van der Waals surface area contributed by atoms with E-state index in [2.05, 4.69) is 5.32 Å². The highest BCUT2D eigenvalue weighted by Crippen LogP contribution is 2.17. The van der Waals surface area contributed by atoms with Gasteiger partial charge in [-0.2, -0.15) is 0 Å². The number of pyridine rings is 1. The Hall–Kier alpha value is -2.96. The van der Waals surface area contributed by atoms with Gasteiger partial charge in [-0.1, -0.05) is 6.92 Å². The van der Waals surface area contributed by atoms with E-state index in [0.717, 1.165) is 17.9 Å². The number of ether oxygens (including phenoxy) is 3. The van der Waals surface area contributed by atoms with Gasteiger partial charge in [-0.05, 0) is 44.5 Å². The largest absolute Gasteiger partial charge is 0.497 e. The first kappa shape index (κ1) is 21.3. The number of nitrogens with zero attached hydrogens (tertiary/aromatic N) is 1. The van der Waals surface area contributed by atoms with Crippen molar-refractivity contribution >= 4 is 5.91 Å². The minimum atomic E-state index is -0.249. The van der Waals surface area contributed by atoms with Crippen LogP contribution in [0.15, 0.2) is 41.3 Å². The van der Waals surface area contributed by atoms with Crippen molar-refractivity contribution in [3.63, 3.8) is 0 Å². The third kappa shape index (κ3) is 6.04. The van der Waals surface area contributed by atoms with Crippen LogP contribution >= 0.6 is 0 Å². The van der Waals surface area contributed by atoms with Gasteiger partial charge in [0.05, 0.1) is 19.3 Å². The number of aromatic nitrogens is 1. The Morgan fingerprint density at radius 3 is 2.46 bits per heavy atom. The predicted octanol–water partition coefficient (Wildman–Crippen LogP) is 2.54. The molecule has 1 aromatic carbocycles. The van der Waals surface area contributed by atoms with Gasteiger partial charge in [0.25, 0.3) is 5.91 Å². The van der Waals surface area contributed by atoms with Gasteiger partial charge in [0.2, 0.25) is 5.43 Å². The topological polar surface area (TPSA) is 78.8 Å². The molecule has 0 spiro atoms. The number of methoxy groups -OCH3 is 1. The fraction of sp³-hybridized carbons (Fsp3) is 0.429. The molecule has 0 bridgehead atoms. The zero-order chi connectivity index (χ0) is 20.5. The molecule has 2 aromatic rings. The van der Waals surface area contributed by atoms with Crippen molar-refractivity contribution in [3.05, 3.63) is 52.4 Å². The minimum absolute atomic E-state index is 0.0692. The lowest BCUT2D eigenvalue weighted by Gasteiger charge is -2.16. The zero-order valence-corrected chi connectivity index (χ0v) is 16.9. The summed E-state index contributed by atoms with van der Waals surface area (Å²) in [5.74, 6) is 1.44. The molecular formula is C21H28N2O5. The molecule has 2 rings (SSSR count). The summed E-state index contributed by atoms with van der Waals surface area (Å²) in [4.78, 5) is 24.0. The SMILES string of the molecule is CCC(C)NC(=O)COc1c(C)n(CCOc2ccc(OC)cc2)ccc1=O. The number of carbonyl (C=O) groups is 1. The van der Waals surface area contributed by atoms with Crippen molar-refractivity contribution in [2.45, 2.75) is 39.8 Å². The molecule has 1 N–H and O–H groups in total. The Balaban J connectivity index is 1.95. The van der Waals surface area contributed by atoms with Gasteiger partial charge >= 0.3 is 0 Å². The van der Waals surface area contributed by atoms with Crippen molar-refractivity contribution in [1.82, 2.24) is 9.88 Å². The van der Waals surface area contributed by atoms with Crippen LogP contribution in [0.5, 0.6) is 17.2 Å². The van der Waals surface area contributed by atoms with Crippen LogP contribution in [0.2, 0.25) is 0 Å². The Morgan fingerprint density at radius 1 is 1.14 bits per heavy atom. The fourth-order valence-electron chi connectivity index (χ4n) is 2.56. The second-order valence-electron chi connectivity index (χ2n) is 6.48. The number of benzene rings is 1. The molecule has 1 heterocycles. The van der Waals surface area contributed by atoms with Crippen LogP contribution in [0.4, 0.5) is 0 Å². The molecule has 0 saturated heterocycles. The predicted molar refractivity (Wildman–Crippen MR) is 107 cm³/mol. The lowest BCUT2D eigenvalue weighted by Crippen LogP contribution is -2.36. The molecule has 0 aliphatic carbocycles. The average molecular weight is 388 g/mol. The summed E-state index contributed by atoms with van der Waals surface area (Å²) in [5, 5.41) is 2.81. The Kier molecular flexibility index (Phi) is 7.92. The van der Waals surface area contributed by atoms with E-state index < -0.39 is 0 Å². The van der Waals surface area contributed by atoms with Crippen LogP contribution in [0.25, 0.3) is 0 Å². The standard InChI is InChI=1S/C21H28N2O5/c1-5-15(2)22-20(25)14-28-21-16(3)23(11-10-19(21)24)12-13-27-18-8-6-17(26-4)7-9-18/h6-11,15H,5,12-14H2,1-4H3,(H,22,25). The van der Waals surface area contributed by atoms with E-state index in [4.69, 9.17) is 14.2 Å². The smallest absolute Gasteiger partial charge is 0.258 e. The minimum Gasteiger partial charge on any atom is -0.497 e. The molecule has 1 amide bonds. The lowest BCUT2D eigenvalue weighted by molar-refractivity contribution is -0.123. The van der Waals surface area contributed by atoms with Gasteiger partial charge in [-0.15, -0.1) is 0 Å². The van der Waals surface area contributed by atoms with Crippen LogP contribution in [0.1, 0.15) is 26.0 Å². The summed E-state index contributed by atoms with van der Waals surface area (Å²) in [6.45, 7) is 6.46. The van der Waals surface area contributed by atoms with Gasteiger partial charge in [-0.25, -0.2) is 0 Å². The summed E-state index contributed by atoms with van der Waals surface area (Å²) in [6, 6.07) is 8.83. The first-order valence-corrected chi connectivity index (χ1v) is 9.33. The van der Waals surface area contributed by atoms with E-state index in [0.29, 0.717) is 18.8 Å². The molecule has 28 heavy (non-hydrogen) atoms. The van der Waals surface area contributed by atoms with Gasteiger partial charge in [-0.3, -0.25) is 9.59 Å². The van der Waals surface area contributed by atoms with Crippen molar-refractivity contribution in [3.8, 4) is 17.2 Å². The molecule has 1 unspecified atom stereocenters. The Morgan fingerprint density at radius 2 is 1.82 bits per heavy atom. The normalized spacial score (nSPS) is 11.6. The molecule has 152 valence electrons. The highest BCUT2D eigenvalue weighted by molar-refractivity contribution is 5.77. The van der Waals surface area contributed by atoms with E-state index in [-0.39, 0.29) is 29.7 Å². The second-order valence-corrected chi connectivity index (χ2v) is 6.48. The van der Waals surface area contributed by atoms with E-state index in [1.807, 2.05) is 42.7 Å². The number of rotatable bonds is 10. The molecule has 1 aromatic heterocycles. The monoisotopic (exact) mass is 388 g/mol. The maximum absolute atomic E-state index is 12.1. The Bertz CT molecular complexity index is 830. The fourth-order valence-corrected chi connectivity index (χ4v) is 2.56. The maximum Gasteiger partial charge on any atom is 0.258 e. The third-order valence-electron chi connectivity index (χ3n) is 4.42. The van der Waals surface area contributed by atoms with Crippen molar-refractivity contribution in [2.24, 2.45) is 0 Å². The van der Waals surface area contributed by atoms with Crippen molar-refractivity contribution < 1.29 is 19.0 Å². The number of nitrogens with one attached hydrogen (secondary N) is 1. The molecular weight excluding hydrogens is 360 g/mol. The van der Waals surface area contributed by atoms with Crippen molar-refractivity contribution in [2.75, 3.05) is 20.3 Å². The maximum atomic E-state index is 12.1. The average Bonchev–Trinajstić information content (AvgIpc) is 2.70. The number of hydrogen-bond donors (Lipinski definition) is 1. The highest BCUT2D eigenvalue weighted by Gasteiger charge is 2.12. The summed E-state index contributed by atoms with van der Waals surface area (Å²) in [7, 11) is 1.61. The molecule has 0 fully saturated rings. The highest BCUT2D eigenvalue weighted by atomic mass is 16.5. The van der Waals surface area contributed by atoms with E-state index in [1.165, 1.54) is 6.07 Å². The molecule has 0 radical (unpaired) electrons.